The van der Waals surface area contributed by atoms with Crippen LogP contribution in [-0.2, 0) is 16.4 Å². The number of hydrogen-bond acceptors (Lipinski definition) is 3. The lowest BCUT2D eigenvalue weighted by molar-refractivity contribution is -0.103. The van der Waals surface area contributed by atoms with E-state index >= 15 is 0 Å². The normalized spacial score (nSPS) is 11.6. The molecule has 0 fully saturated rings. The van der Waals surface area contributed by atoms with Crippen molar-refractivity contribution >= 4 is 19.4 Å². The monoisotopic (exact) mass is 481 g/mol. The van der Waals surface area contributed by atoms with Crippen molar-refractivity contribution in [3.63, 3.8) is 0 Å². The van der Waals surface area contributed by atoms with Gasteiger partial charge in [-0.2, -0.15) is 0 Å². The maximum absolute atomic E-state index is 6.42. The van der Waals surface area contributed by atoms with Crippen molar-refractivity contribution in [3.05, 3.63) is 119 Å². The Kier molecular flexibility index (Phi) is 7.53. The number of rotatable bonds is 7. The minimum Gasteiger partial charge on any atom is -0.348 e. The van der Waals surface area contributed by atoms with Crippen LogP contribution < -0.4 is 15.3 Å². The van der Waals surface area contributed by atoms with Gasteiger partial charge in [0.15, 0.2) is 5.75 Å². The zero-order valence-electron chi connectivity index (χ0n) is 21.6. The van der Waals surface area contributed by atoms with Gasteiger partial charge in [0.1, 0.15) is 0 Å². The third-order valence-electron chi connectivity index (χ3n) is 6.67. The third-order valence-corrected chi connectivity index (χ3v) is 8.94. The molecule has 0 N–H and O–H groups in total. The lowest BCUT2D eigenvalue weighted by atomic mass is 9.77. The SMILES string of the molecule is Cc1c(C)c(C(C)(C)C)c(C)c(Cc2cccnc2)c1OO[SiH](c1ccccc1)c1ccccc1. The maximum atomic E-state index is 6.42. The van der Waals surface area contributed by atoms with E-state index in [1.807, 2.05) is 30.6 Å². The average Bonchev–Trinajstić information content (AvgIpc) is 2.85. The van der Waals surface area contributed by atoms with E-state index in [1.165, 1.54) is 32.6 Å². The molecular weight excluding hydrogens is 446 g/mol. The van der Waals surface area contributed by atoms with Gasteiger partial charge < -0.3 is 4.89 Å². The Hall–Kier alpha value is -3.21. The molecule has 0 aliphatic rings. The van der Waals surface area contributed by atoms with Crippen molar-refractivity contribution < 1.29 is 9.46 Å². The third kappa shape index (κ3) is 5.55. The summed E-state index contributed by atoms with van der Waals surface area (Å²) in [6.07, 6.45) is 4.49. The minimum atomic E-state index is -2.06. The summed E-state index contributed by atoms with van der Waals surface area (Å²) in [5.41, 5.74) is 7.38. The molecule has 0 spiro atoms. The van der Waals surface area contributed by atoms with Gasteiger partial charge in [-0.05, 0) is 70.4 Å². The first-order chi connectivity index (χ1) is 16.8. The summed E-state index contributed by atoms with van der Waals surface area (Å²) in [4.78, 5) is 10.7. The number of hydrogen-bond donors (Lipinski definition) is 0. The summed E-state index contributed by atoms with van der Waals surface area (Å²) in [6, 6.07) is 25.0. The van der Waals surface area contributed by atoms with Gasteiger partial charge in [-0.15, -0.1) is 0 Å². The molecule has 0 aliphatic heterocycles. The molecule has 35 heavy (non-hydrogen) atoms. The second kappa shape index (κ2) is 10.6. The first-order valence-electron chi connectivity index (χ1n) is 12.2. The van der Waals surface area contributed by atoms with Gasteiger partial charge >= 0.3 is 9.04 Å². The molecule has 0 amide bonds. The van der Waals surface area contributed by atoms with Crippen LogP contribution in [0.5, 0.6) is 5.75 Å². The van der Waals surface area contributed by atoms with Crippen molar-refractivity contribution in [2.45, 2.75) is 53.4 Å². The summed E-state index contributed by atoms with van der Waals surface area (Å²) >= 11 is 0. The summed E-state index contributed by atoms with van der Waals surface area (Å²) in [5, 5.41) is 2.37. The Labute approximate surface area is 211 Å². The van der Waals surface area contributed by atoms with E-state index in [0.29, 0.717) is 0 Å². The molecule has 0 bridgehead atoms. The van der Waals surface area contributed by atoms with E-state index in [0.717, 1.165) is 23.3 Å². The highest BCUT2D eigenvalue weighted by molar-refractivity contribution is 6.79. The summed E-state index contributed by atoms with van der Waals surface area (Å²) in [6.45, 7) is 13.4. The first-order valence-corrected chi connectivity index (χ1v) is 13.8. The van der Waals surface area contributed by atoms with E-state index in [4.69, 9.17) is 9.46 Å². The summed E-state index contributed by atoms with van der Waals surface area (Å²) in [5.74, 6) is 0.834. The number of aromatic nitrogens is 1. The molecular formula is C31H35NO2Si. The van der Waals surface area contributed by atoms with Crippen LogP contribution in [-0.4, -0.2) is 14.0 Å². The highest BCUT2D eigenvalue weighted by Crippen LogP contribution is 2.40. The van der Waals surface area contributed by atoms with Crippen LogP contribution in [0, 0.1) is 20.8 Å². The largest absolute Gasteiger partial charge is 0.348 e. The second-order valence-electron chi connectivity index (χ2n) is 10.2. The molecule has 1 aromatic heterocycles. The van der Waals surface area contributed by atoms with Gasteiger partial charge in [0.2, 0.25) is 0 Å². The lowest BCUT2D eigenvalue weighted by Crippen LogP contribution is -2.45. The van der Waals surface area contributed by atoms with Crippen LogP contribution >= 0.6 is 0 Å². The van der Waals surface area contributed by atoms with Crippen LogP contribution in [0.3, 0.4) is 0 Å². The fourth-order valence-corrected chi connectivity index (χ4v) is 6.94. The van der Waals surface area contributed by atoms with Gasteiger partial charge in [0.25, 0.3) is 0 Å². The molecule has 0 saturated carbocycles. The highest BCUT2D eigenvalue weighted by Gasteiger charge is 2.28. The van der Waals surface area contributed by atoms with E-state index in [9.17, 15) is 0 Å². The maximum Gasteiger partial charge on any atom is 0.301 e. The second-order valence-corrected chi connectivity index (χ2v) is 12.5. The zero-order valence-corrected chi connectivity index (χ0v) is 22.8. The molecule has 1 heterocycles. The van der Waals surface area contributed by atoms with E-state index in [1.54, 1.807) is 0 Å². The highest BCUT2D eigenvalue weighted by atomic mass is 28.3. The quantitative estimate of drug-likeness (QED) is 0.191. The summed E-state index contributed by atoms with van der Waals surface area (Å²) < 4.78 is 6.42. The van der Waals surface area contributed by atoms with Crippen molar-refractivity contribution in [1.82, 2.24) is 4.98 Å². The minimum absolute atomic E-state index is 0.0212. The fraction of sp³-hybridized carbons (Fsp3) is 0.258. The van der Waals surface area contributed by atoms with Crippen LogP contribution in [0.15, 0.2) is 85.2 Å². The summed E-state index contributed by atoms with van der Waals surface area (Å²) in [7, 11) is -2.06. The fourth-order valence-electron chi connectivity index (χ4n) is 5.00. The van der Waals surface area contributed by atoms with Crippen molar-refractivity contribution in [2.24, 2.45) is 0 Å². The predicted molar refractivity (Wildman–Crippen MR) is 147 cm³/mol. The molecule has 0 aliphatic carbocycles. The molecule has 4 rings (SSSR count). The van der Waals surface area contributed by atoms with Crippen LogP contribution in [0.25, 0.3) is 0 Å². The van der Waals surface area contributed by atoms with Crippen LogP contribution in [0.2, 0.25) is 0 Å². The molecule has 3 aromatic carbocycles. The van der Waals surface area contributed by atoms with Crippen molar-refractivity contribution in [3.8, 4) is 5.75 Å². The number of nitrogens with zero attached hydrogens (tertiary/aromatic N) is 1. The van der Waals surface area contributed by atoms with Crippen LogP contribution in [0.1, 0.15) is 54.2 Å². The van der Waals surface area contributed by atoms with Gasteiger partial charge in [0, 0.05) is 24.4 Å². The van der Waals surface area contributed by atoms with Gasteiger partial charge in [-0.1, -0.05) is 87.5 Å². The lowest BCUT2D eigenvalue weighted by Gasteiger charge is -2.29. The molecule has 4 heteroatoms. The van der Waals surface area contributed by atoms with Crippen molar-refractivity contribution in [2.75, 3.05) is 0 Å². The Bertz CT molecular complexity index is 1230. The van der Waals surface area contributed by atoms with E-state index in [-0.39, 0.29) is 5.41 Å². The molecule has 0 unspecified atom stereocenters. The molecule has 180 valence electrons. The Morgan fingerprint density at radius 2 is 1.34 bits per heavy atom. The number of benzene rings is 3. The smallest absolute Gasteiger partial charge is 0.301 e. The molecule has 0 radical (unpaired) electrons. The van der Waals surface area contributed by atoms with Crippen LogP contribution in [0.4, 0.5) is 0 Å². The van der Waals surface area contributed by atoms with Gasteiger partial charge in [-0.25, -0.2) is 4.58 Å². The molecule has 3 nitrogen and oxygen atoms in total. The van der Waals surface area contributed by atoms with Gasteiger partial charge in [-0.3, -0.25) is 4.98 Å². The predicted octanol–water partition coefficient (Wildman–Crippen LogP) is 5.74. The standard InChI is InChI=1S/C31H35NO2Si/c1-22-23(2)30(28(20-25-14-13-19-32-21-25)24(3)29(22)31(4,5)6)33-34-35(26-15-9-7-10-16-26)27-17-11-8-12-18-27/h7-19,21,35H,20H2,1-6H3. The Morgan fingerprint density at radius 3 is 1.86 bits per heavy atom. The topological polar surface area (TPSA) is 31.4 Å². The van der Waals surface area contributed by atoms with Crippen molar-refractivity contribution in [1.29, 1.82) is 0 Å². The molecule has 4 aromatic rings. The Morgan fingerprint density at radius 1 is 0.743 bits per heavy atom. The van der Waals surface area contributed by atoms with E-state index in [2.05, 4.69) is 101 Å². The molecule has 0 saturated heterocycles. The van der Waals surface area contributed by atoms with E-state index < -0.39 is 9.04 Å². The molecule has 0 atom stereocenters. The van der Waals surface area contributed by atoms with Gasteiger partial charge in [0.05, 0.1) is 0 Å². The zero-order chi connectivity index (χ0) is 25.0. The average molecular weight is 482 g/mol. The number of pyridine rings is 1. The Balaban J connectivity index is 1.79. The first kappa shape index (κ1) is 24.9.